The molecule has 0 aromatic carbocycles. The molecule has 1 aromatic rings. The van der Waals surface area contributed by atoms with Crippen molar-refractivity contribution in [1.82, 2.24) is 14.9 Å². The van der Waals surface area contributed by atoms with Crippen molar-refractivity contribution < 1.29 is 4.79 Å². The van der Waals surface area contributed by atoms with Gasteiger partial charge >= 0.3 is 0 Å². The van der Waals surface area contributed by atoms with Crippen LogP contribution in [0.5, 0.6) is 0 Å². The molecule has 16 heavy (non-hydrogen) atoms. The number of rotatable bonds is 1. The minimum absolute atomic E-state index is 0.125. The second kappa shape index (κ2) is 4.49. The molecule has 0 bridgehead atoms. The molecule has 0 N–H and O–H groups in total. The molecule has 0 saturated carbocycles. The van der Waals surface area contributed by atoms with Gasteiger partial charge in [0.1, 0.15) is 5.82 Å². The quantitative estimate of drug-likeness (QED) is 0.733. The summed E-state index contributed by atoms with van der Waals surface area (Å²) in [5, 5.41) is 0. The van der Waals surface area contributed by atoms with Crippen molar-refractivity contribution >= 4 is 21.8 Å². The van der Waals surface area contributed by atoms with E-state index in [0.717, 1.165) is 30.0 Å². The van der Waals surface area contributed by atoms with Gasteiger partial charge in [0.2, 0.25) is 5.91 Å². The predicted octanol–water partition coefficient (Wildman–Crippen LogP) is 1.45. The maximum absolute atomic E-state index is 11.8. The van der Waals surface area contributed by atoms with Gasteiger partial charge in [-0.15, -0.1) is 0 Å². The molecule has 5 heteroatoms. The van der Waals surface area contributed by atoms with Gasteiger partial charge in [-0.25, -0.2) is 9.97 Å². The lowest BCUT2D eigenvalue weighted by Crippen LogP contribution is -2.39. The Bertz CT molecular complexity index is 420. The number of carbonyl (C=O) groups is 1. The van der Waals surface area contributed by atoms with E-state index in [4.69, 9.17) is 0 Å². The molecule has 1 aromatic heterocycles. The van der Waals surface area contributed by atoms with Crippen LogP contribution in [0.3, 0.4) is 0 Å². The number of hydrogen-bond donors (Lipinski definition) is 0. The molecule has 1 aliphatic heterocycles. The smallest absolute Gasteiger partial charge is 0.236 e. The highest BCUT2D eigenvalue weighted by Gasteiger charge is 2.24. The first-order chi connectivity index (χ1) is 7.58. The third kappa shape index (κ3) is 2.24. The Morgan fingerprint density at radius 2 is 2.38 bits per heavy atom. The number of aromatic nitrogens is 2. The maximum Gasteiger partial charge on any atom is 0.236 e. The molecule has 4 nitrogen and oxygen atoms in total. The highest BCUT2D eigenvalue weighted by Crippen LogP contribution is 2.18. The number of carbonyl (C=O) groups excluding carboxylic acids is 1. The Balaban J connectivity index is 2.18. The van der Waals surface area contributed by atoms with Gasteiger partial charge < -0.3 is 4.90 Å². The van der Waals surface area contributed by atoms with Gasteiger partial charge in [0.25, 0.3) is 0 Å². The van der Waals surface area contributed by atoms with Gasteiger partial charge in [0, 0.05) is 31.3 Å². The van der Waals surface area contributed by atoms with Gasteiger partial charge in [-0.1, -0.05) is 15.9 Å². The van der Waals surface area contributed by atoms with Crippen molar-refractivity contribution in [2.45, 2.75) is 31.6 Å². The Hall–Kier alpha value is -0.970. The fraction of sp³-hybridized carbons (Fsp3) is 0.545. The van der Waals surface area contributed by atoms with Crippen LogP contribution in [0.2, 0.25) is 0 Å². The first-order valence-electron chi connectivity index (χ1n) is 5.32. The number of hydrogen-bond acceptors (Lipinski definition) is 3. The van der Waals surface area contributed by atoms with E-state index in [1.165, 1.54) is 0 Å². The Kier molecular flexibility index (Phi) is 3.23. The van der Waals surface area contributed by atoms with Crippen LogP contribution in [-0.4, -0.2) is 32.1 Å². The number of alkyl halides is 1. The molecular formula is C11H14BrN3O. The van der Waals surface area contributed by atoms with Crippen LogP contribution in [0.1, 0.15) is 24.0 Å². The summed E-state index contributed by atoms with van der Waals surface area (Å²) in [4.78, 5) is 22.1. The van der Waals surface area contributed by atoms with E-state index in [1.54, 1.807) is 0 Å². The normalized spacial score (nSPS) is 16.8. The van der Waals surface area contributed by atoms with Gasteiger partial charge in [-0.3, -0.25) is 4.79 Å². The monoisotopic (exact) mass is 283 g/mol. The van der Waals surface area contributed by atoms with E-state index < -0.39 is 0 Å². The standard InChI is InChI=1S/C11H14BrN3O/c1-7(12)11(16)15-4-3-10-9(6-15)5-13-8(2)14-10/h5,7H,3-4,6H2,1-2H3. The topological polar surface area (TPSA) is 46.1 Å². The molecular weight excluding hydrogens is 270 g/mol. The molecule has 1 atom stereocenters. The Labute approximate surface area is 103 Å². The van der Waals surface area contributed by atoms with E-state index >= 15 is 0 Å². The first kappa shape index (κ1) is 11.5. The maximum atomic E-state index is 11.8. The van der Waals surface area contributed by atoms with Crippen LogP contribution >= 0.6 is 15.9 Å². The fourth-order valence-corrected chi connectivity index (χ4v) is 2.15. The lowest BCUT2D eigenvalue weighted by atomic mass is 10.1. The van der Waals surface area contributed by atoms with E-state index in [0.29, 0.717) is 6.54 Å². The molecule has 0 aliphatic carbocycles. The van der Waals surface area contributed by atoms with Crippen LogP contribution in [0.25, 0.3) is 0 Å². The summed E-state index contributed by atoms with van der Waals surface area (Å²) < 4.78 is 0. The van der Waals surface area contributed by atoms with Crippen molar-refractivity contribution in [3.05, 3.63) is 23.3 Å². The van der Waals surface area contributed by atoms with Crippen LogP contribution in [0.4, 0.5) is 0 Å². The number of amides is 1. The third-order valence-corrected chi connectivity index (χ3v) is 3.10. The molecule has 0 radical (unpaired) electrons. The zero-order valence-corrected chi connectivity index (χ0v) is 11.0. The van der Waals surface area contributed by atoms with Crippen molar-refractivity contribution in [2.24, 2.45) is 0 Å². The van der Waals surface area contributed by atoms with Crippen molar-refractivity contribution in [3.8, 4) is 0 Å². The summed E-state index contributed by atoms with van der Waals surface area (Å²) in [6, 6.07) is 0. The summed E-state index contributed by atoms with van der Waals surface area (Å²) in [5.41, 5.74) is 2.15. The Morgan fingerprint density at radius 1 is 1.62 bits per heavy atom. The largest absolute Gasteiger partial charge is 0.337 e. The van der Waals surface area contributed by atoms with Gasteiger partial charge in [-0.05, 0) is 13.8 Å². The van der Waals surface area contributed by atoms with Crippen molar-refractivity contribution in [2.75, 3.05) is 6.54 Å². The van der Waals surface area contributed by atoms with Crippen LogP contribution in [0, 0.1) is 6.92 Å². The van der Waals surface area contributed by atoms with Crippen molar-refractivity contribution in [1.29, 1.82) is 0 Å². The van der Waals surface area contributed by atoms with E-state index in [9.17, 15) is 4.79 Å². The molecule has 86 valence electrons. The zero-order chi connectivity index (χ0) is 11.7. The fourth-order valence-electron chi connectivity index (χ4n) is 1.86. The molecule has 0 spiro atoms. The Morgan fingerprint density at radius 3 is 3.06 bits per heavy atom. The van der Waals surface area contributed by atoms with E-state index in [-0.39, 0.29) is 10.7 Å². The second-order valence-corrected chi connectivity index (χ2v) is 5.39. The lowest BCUT2D eigenvalue weighted by Gasteiger charge is -2.29. The van der Waals surface area contributed by atoms with E-state index in [2.05, 4.69) is 25.9 Å². The molecule has 0 fully saturated rings. The molecule has 2 heterocycles. The minimum Gasteiger partial charge on any atom is -0.337 e. The lowest BCUT2D eigenvalue weighted by molar-refractivity contribution is -0.131. The molecule has 0 saturated heterocycles. The summed E-state index contributed by atoms with van der Waals surface area (Å²) >= 11 is 3.30. The SMILES string of the molecule is Cc1ncc2c(n1)CCN(C(=O)C(C)Br)C2. The average Bonchev–Trinajstić information content (AvgIpc) is 2.27. The van der Waals surface area contributed by atoms with E-state index in [1.807, 2.05) is 24.9 Å². The summed E-state index contributed by atoms with van der Waals surface area (Å²) in [7, 11) is 0. The molecule has 1 aliphatic rings. The summed E-state index contributed by atoms with van der Waals surface area (Å²) in [5.74, 6) is 0.929. The average molecular weight is 284 g/mol. The minimum atomic E-state index is -0.125. The van der Waals surface area contributed by atoms with Crippen LogP contribution in [0.15, 0.2) is 6.20 Å². The molecule has 1 unspecified atom stereocenters. The third-order valence-electron chi connectivity index (χ3n) is 2.71. The number of fused-ring (bicyclic) bond motifs is 1. The van der Waals surface area contributed by atoms with Gasteiger partial charge in [0.05, 0.1) is 10.5 Å². The predicted molar refractivity (Wildman–Crippen MR) is 64.3 cm³/mol. The van der Waals surface area contributed by atoms with Crippen molar-refractivity contribution in [3.63, 3.8) is 0 Å². The first-order valence-corrected chi connectivity index (χ1v) is 6.23. The number of nitrogens with zero attached hydrogens (tertiary/aromatic N) is 3. The number of aryl methyl sites for hydroxylation is 1. The van der Waals surface area contributed by atoms with Gasteiger partial charge in [0.15, 0.2) is 0 Å². The summed E-state index contributed by atoms with van der Waals surface area (Å²) in [6.07, 6.45) is 2.65. The highest BCUT2D eigenvalue weighted by atomic mass is 79.9. The second-order valence-electron chi connectivity index (χ2n) is 4.01. The van der Waals surface area contributed by atoms with Crippen LogP contribution < -0.4 is 0 Å². The van der Waals surface area contributed by atoms with Gasteiger partial charge in [-0.2, -0.15) is 0 Å². The molecule has 1 amide bonds. The molecule has 2 rings (SSSR count). The highest BCUT2D eigenvalue weighted by molar-refractivity contribution is 9.10. The van der Waals surface area contributed by atoms with Crippen LogP contribution in [-0.2, 0) is 17.8 Å². The summed E-state index contributed by atoms with van der Waals surface area (Å²) in [6.45, 7) is 5.12. The number of halogens is 1. The zero-order valence-electron chi connectivity index (χ0n) is 9.40.